The third-order valence-corrected chi connectivity index (χ3v) is 6.09. The fraction of sp³-hybridized carbons (Fsp3) is 0.217. The highest BCUT2D eigenvalue weighted by atomic mass is 32.2. The molecule has 2 nitrogen and oxygen atoms in total. The quantitative estimate of drug-likeness (QED) is 0.239. The number of hydrogen-bond acceptors (Lipinski definition) is 4. The van der Waals surface area contributed by atoms with Crippen molar-refractivity contribution < 1.29 is 0 Å². The van der Waals surface area contributed by atoms with E-state index in [-0.39, 0.29) is 0 Å². The Balaban J connectivity index is 1.50. The maximum absolute atomic E-state index is 4.59. The van der Waals surface area contributed by atoms with Crippen LogP contribution in [0.5, 0.6) is 0 Å². The maximum Gasteiger partial charge on any atom is 0.0975 e. The maximum atomic E-state index is 4.59. The fourth-order valence-corrected chi connectivity index (χ4v) is 4.54. The van der Waals surface area contributed by atoms with Crippen molar-refractivity contribution in [2.75, 3.05) is 11.5 Å². The van der Waals surface area contributed by atoms with Gasteiger partial charge in [-0.15, -0.1) is 11.8 Å². The molecule has 0 amide bonds. The zero-order valence-electron chi connectivity index (χ0n) is 15.1. The fourth-order valence-electron chi connectivity index (χ4n) is 3.30. The zero-order chi connectivity index (χ0) is 18.5. The smallest absolute Gasteiger partial charge is 0.0975 e. The molecular formula is C23H22N2S2. The van der Waals surface area contributed by atoms with E-state index in [2.05, 4.69) is 65.1 Å². The van der Waals surface area contributed by atoms with Gasteiger partial charge in [0.2, 0.25) is 0 Å². The molecule has 0 aliphatic carbocycles. The summed E-state index contributed by atoms with van der Waals surface area (Å²) < 4.78 is 0. The zero-order valence-corrected chi connectivity index (χ0v) is 16.8. The molecule has 0 spiro atoms. The first-order chi connectivity index (χ1) is 13.3. The number of thiol groups is 1. The molecule has 0 N–H and O–H groups in total. The first-order valence-corrected chi connectivity index (χ1v) is 10.9. The van der Waals surface area contributed by atoms with Crippen LogP contribution in [0.4, 0.5) is 0 Å². The monoisotopic (exact) mass is 390 g/mol. The van der Waals surface area contributed by atoms with Crippen LogP contribution in [0.3, 0.4) is 0 Å². The molecule has 4 aromatic rings. The molecule has 0 aliphatic rings. The van der Waals surface area contributed by atoms with Crippen molar-refractivity contribution in [1.29, 1.82) is 0 Å². The second-order valence-corrected chi connectivity index (χ2v) is 8.18. The molecule has 0 radical (unpaired) electrons. The van der Waals surface area contributed by atoms with Gasteiger partial charge in [-0.05, 0) is 54.3 Å². The Morgan fingerprint density at radius 2 is 1.52 bits per heavy atom. The normalized spacial score (nSPS) is 11.3. The van der Waals surface area contributed by atoms with Gasteiger partial charge in [0, 0.05) is 33.8 Å². The summed E-state index contributed by atoms with van der Waals surface area (Å²) in [5, 5.41) is 2.34. The van der Waals surface area contributed by atoms with Crippen molar-refractivity contribution >= 4 is 46.2 Å². The molecule has 2 aromatic carbocycles. The van der Waals surface area contributed by atoms with Crippen LogP contribution in [0.1, 0.15) is 17.5 Å². The van der Waals surface area contributed by atoms with Crippen molar-refractivity contribution in [3.05, 3.63) is 78.1 Å². The molecule has 4 rings (SSSR count). The molecule has 0 saturated heterocycles. The second kappa shape index (κ2) is 8.77. The average molecular weight is 391 g/mol. The van der Waals surface area contributed by atoms with Gasteiger partial charge in [-0.3, -0.25) is 9.97 Å². The largest absolute Gasteiger partial charge is 0.254 e. The van der Waals surface area contributed by atoms with Crippen molar-refractivity contribution in [2.45, 2.75) is 24.2 Å². The van der Waals surface area contributed by atoms with Gasteiger partial charge in [-0.1, -0.05) is 36.4 Å². The minimum Gasteiger partial charge on any atom is -0.254 e. The van der Waals surface area contributed by atoms with Gasteiger partial charge in [0.05, 0.1) is 11.0 Å². The molecule has 0 fully saturated rings. The summed E-state index contributed by atoms with van der Waals surface area (Å²) in [4.78, 5) is 10.4. The van der Waals surface area contributed by atoms with E-state index in [1.165, 1.54) is 21.4 Å². The first kappa shape index (κ1) is 18.3. The van der Waals surface area contributed by atoms with Gasteiger partial charge in [0.1, 0.15) is 0 Å². The summed E-state index contributed by atoms with van der Waals surface area (Å²) in [7, 11) is 0. The standard InChI is InChI=1S/C23H22N2S2/c26-14-3-4-17-7-9-18(10-8-17)11-15-27-21-16-19-5-1-12-24-22(19)23-20(21)6-2-13-25-23/h1-2,5-10,12-13,16,26H,3-4,11,14-15H2. The van der Waals surface area contributed by atoms with E-state index in [0.717, 1.165) is 47.2 Å². The van der Waals surface area contributed by atoms with Gasteiger partial charge >= 0.3 is 0 Å². The number of nitrogens with zero attached hydrogens (tertiary/aromatic N) is 2. The van der Waals surface area contributed by atoms with Crippen LogP contribution in [-0.2, 0) is 12.8 Å². The number of pyridine rings is 2. The van der Waals surface area contributed by atoms with Gasteiger partial charge in [-0.2, -0.15) is 12.6 Å². The summed E-state index contributed by atoms with van der Waals surface area (Å²) in [5.41, 5.74) is 4.77. The van der Waals surface area contributed by atoms with Crippen LogP contribution in [0.2, 0.25) is 0 Å². The van der Waals surface area contributed by atoms with Crippen LogP contribution in [-0.4, -0.2) is 21.5 Å². The number of rotatable bonds is 7. The lowest BCUT2D eigenvalue weighted by atomic mass is 10.1. The van der Waals surface area contributed by atoms with Crippen LogP contribution < -0.4 is 0 Å². The number of aromatic nitrogens is 2. The average Bonchev–Trinajstić information content (AvgIpc) is 2.73. The highest BCUT2D eigenvalue weighted by Gasteiger charge is 2.08. The third kappa shape index (κ3) is 4.28. The molecule has 2 heterocycles. The highest BCUT2D eigenvalue weighted by molar-refractivity contribution is 7.99. The van der Waals surface area contributed by atoms with Crippen LogP contribution in [0.25, 0.3) is 21.8 Å². The molecule has 0 unspecified atom stereocenters. The van der Waals surface area contributed by atoms with Gasteiger partial charge in [0.15, 0.2) is 0 Å². The van der Waals surface area contributed by atoms with Gasteiger partial charge < -0.3 is 0 Å². The summed E-state index contributed by atoms with van der Waals surface area (Å²) >= 11 is 6.19. The van der Waals surface area contributed by atoms with E-state index in [1.807, 2.05) is 36.3 Å². The first-order valence-electron chi connectivity index (χ1n) is 9.29. The molecule has 0 saturated carbocycles. The van der Waals surface area contributed by atoms with E-state index in [0.29, 0.717) is 0 Å². The van der Waals surface area contributed by atoms with E-state index in [1.54, 1.807) is 0 Å². The Kier molecular flexibility index (Phi) is 5.95. The van der Waals surface area contributed by atoms with E-state index < -0.39 is 0 Å². The Hall–Kier alpha value is -2.04. The summed E-state index contributed by atoms with van der Waals surface area (Å²) in [6, 6.07) is 19.5. The lowest BCUT2D eigenvalue weighted by Crippen LogP contribution is -1.92. The van der Waals surface area contributed by atoms with Crippen molar-refractivity contribution in [3.8, 4) is 0 Å². The molecule has 0 bridgehead atoms. The number of thioether (sulfide) groups is 1. The SMILES string of the molecule is SCCCc1ccc(CCSc2cc3cccnc3c3ncccc23)cc1. The second-order valence-electron chi connectivity index (χ2n) is 6.59. The van der Waals surface area contributed by atoms with E-state index in [9.17, 15) is 0 Å². The molecule has 136 valence electrons. The Morgan fingerprint density at radius 3 is 2.30 bits per heavy atom. The molecular weight excluding hydrogens is 368 g/mol. The predicted molar refractivity (Wildman–Crippen MR) is 120 cm³/mol. The van der Waals surface area contributed by atoms with Gasteiger partial charge in [0.25, 0.3) is 0 Å². The minimum atomic E-state index is 0.947. The van der Waals surface area contributed by atoms with Crippen LogP contribution >= 0.6 is 24.4 Å². The van der Waals surface area contributed by atoms with Gasteiger partial charge in [-0.25, -0.2) is 0 Å². The molecule has 0 aliphatic heterocycles. The predicted octanol–water partition coefficient (Wildman–Crippen LogP) is 5.98. The summed E-state index contributed by atoms with van der Waals surface area (Å²) in [6.07, 6.45) is 6.99. The van der Waals surface area contributed by atoms with Crippen molar-refractivity contribution in [3.63, 3.8) is 0 Å². The number of aryl methyl sites for hydroxylation is 2. The van der Waals surface area contributed by atoms with Crippen molar-refractivity contribution in [1.82, 2.24) is 9.97 Å². The lowest BCUT2D eigenvalue weighted by Gasteiger charge is -2.09. The Morgan fingerprint density at radius 1 is 0.815 bits per heavy atom. The van der Waals surface area contributed by atoms with Crippen LogP contribution in [0, 0.1) is 0 Å². The topological polar surface area (TPSA) is 25.8 Å². The minimum absolute atomic E-state index is 0.947. The van der Waals surface area contributed by atoms with Crippen LogP contribution in [0.15, 0.2) is 71.9 Å². The molecule has 4 heteroatoms. The summed E-state index contributed by atoms with van der Waals surface area (Å²) in [6.45, 7) is 0. The van der Waals surface area contributed by atoms with E-state index in [4.69, 9.17) is 0 Å². The molecule has 0 atom stereocenters. The Bertz CT molecular complexity index is 1050. The third-order valence-electron chi connectivity index (χ3n) is 4.72. The number of hydrogen-bond donors (Lipinski definition) is 1. The summed E-state index contributed by atoms with van der Waals surface area (Å²) in [5.74, 6) is 1.99. The molecule has 27 heavy (non-hydrogen) atoms. The van der Waals surface area contributed by atoms with Crippen molar-refractivity contribution in [2.24, 2.45) is 0 Å². The highest BCUT2D eigenvalue weighted by Crippen LogP contribution is 2.32. The van der Waals surface area contributed by atoms with E-state index >= 15 is 0 Å². The lowest BCUT2D eigenvalue weighted by molar-refractivity contribution is 0.934. The number of benzene rings is 2. The number of fused-ring (bicyclic) bond motifs is 3. The molecule has 2 aromatic heterocycles. The Labute approximate surface area is 169 Å².